The van der Waals surface area contributed by atoms with Gasteiger partial charge in [-0.2, -0.15) is 0 Å². The molecule has 1 aromatic heterocycles. The Bertz CT molecular complexity index is 413. The Morgan fingerprint density at radius 1 is 1.47 bits per heavy atom. The Labute approximate surface area is 100 Å². The zero-order chi connectivity index (χ0) is 13.1. The van der Waals surface area contributed by atoms with Crippen LogP contribution in [0.4, 0.5) is 5.82 Å². The molecule has 0 bridgehead atoms. The molecule has 0 saturated carbocycles. The van der Waals surface area contributed by atoms with Gasteiger partial charge >= 0.3 is 5.97 Å². The van der Waals surface area contributed by atoms with Crippen LogP contribution in [0.25, 0.3) is 0 Å². The molecule has 6 heteroatoms. The van der Waals surface area contributed by atoms with Crippen molar-refractivity contribution in [2.24, 2.45) is 0 Å². The number of nitrogen functional groups attached to an aromatic ring is 1. The summed E-state index contributed by atoms with van der Waals surface area (Å²) in [7, 11) is 1.53. The van der Waals surface area contributed by atoms with Gasteiger partial charge in [0.2, 0.25) is 0 Å². The van der Waals surface area contributed by atoms with Crippen LogP contribution >= 0.6 is 0 Å². The van der Waals surface area contributed by atoms with Crippen LogP contribution in [0, 0.1) is 0 Å². The van der Waals surface area contributed by atoms with Gasteiger partial charge in [-0.1, -0.05) is 0 Å². The molecule has 0 saturated heterocycles. The summed E-state index contributed by atoms with van der Waals surface area (Å²) in [6, 6.07) is 0. The molecule has 0 aliphatic carbocycles. The second kappa shape index (κ2) is 5.09. The Kier molecular flexibility index (Phi) is 4.01. The topological polar surface area (TPSA) is 87.3 Å². The van der Waals surface area contributed by atoms with Crippen LogP contribution in [0.3, 0.4) is 0 Å². The molecule has 1 heterocycles. The summed E-state index contributed by atoms with van der Waals surface area (Å²) in [6.45, 7) is 5.59. The minimum absolute atomic E-state index is 0.0984. The molecule has 0 aliphatic heterocycles. The van der Waals surface area contributed by atoms with Crippen LogP contribution in [0.5, 0.6) is 0 Å². The fraction of sp³-hybridized carbons (Fsp3) is 0.545. The monoisotopic (exact) mass is 239 g/mol. The van der Waals surface area contributed by atoms with Gasteiger partial charge in [0.25, 0.3) is 0 Å². The van der Waals surface area contributed by atoms with Crippen molar-refractivity contribution in [2.45, 2.75) is 33.0 Å². The number of hydrogen-bond donors (Lipinski definition) is 1. The van der Waals surface area contributed by atoms with E-state index in [1.165, 1.54) is 13.3 Å². The van der Waals surface area contributed by atoms with Crippen molar-refractivity contribution in [1.29, 1.82) is 0 Å². The quantitative estimate of drug-likeness (QED) is 0.796. The van der Waals surface area contributed by atoms with Crippen molar-refractivity contribution in [3.05, 3.63) is 17.6 Å². The van der Waals surface area contributed by atoms with Crippen molar-refractivity contribution in [2.75, 3.05) is 12.8 Å². The summed E-state index contributed by atoms with van der Waals surface area (Å²) in [5.74, 6) is -0.00224. The van der Waals surface area contributed by atoms with Crippen molar-refractivity contribution in [3.8, 4) is 0 Å². The molecule has 0 aromatic carbocycles. The molecule has 94 valence electrons. The first-order chi connectivity index (χ1) is 7.83. The summed E-state index contributed by atoms with van der Waals surface area (Å²) in [5.41, 5.74) is 5.26. The molecule has 6 nitrogen and oxygen atoms in total. The maximum atomic E-state index is 11.7. The normalized spacial score (nSPS) is 11.3. The van der Waals surface area contributed by atoms with E-state index < -0.39 is 11.6 Å². The fourth-order valence-corrected chi connectivity index (χ4v) is 1.12. The van der Waals surface area contributed by atoms with E-state index in [1.54, 1.807) is 20.8 Å². The van der Waals surface area contributed by atoms with E-state index in [4.69, 9.17) is 15.2 Å². The maximum absolute atomic E-state index is 11.7. The molecular weight excluding hydrogens is 222 g/mol. The first-order valence-electron chi connectivity index (χ1n) is 5.17. The molecule has 0 spiro atoms. The van der Waals surface area contributed by atoms with E-state index in [0.29, 0.717) is 5.82 Å². The Balaban J connectivity index is 2.88. The van der Waals surface area contributed by atoms with Gasteiger partial charge in [0.05, 0.1) is 0 Å². The predicted molar refractivity (Wildman–Crippen MR) is 62.3 cm³/mol. The largest absolute Gasteiger partial charge is 0.456 e. The number of rotatable bonds is 3. The van der Waals surface area contributed by atoms with E-state index >= 15 is 0 Å². The van der Waals surface area contributed by atoms with Crippen LogP contribution in [0.2, 0.25) is 0 Å². The zero-order valence-electron chi connectivity index (χ0n) is 10.5. The Morgan fingerprint density at radius 3 is 2.59 bits per heavy atom. The van der Waals surface area contributed by atoms with E-state index in [0.717, 1.165) is 0 Å². The summed E-state index contributed by atoms with van der Waals surface area (Å²) < 4.78 is 10.0. The SMILES string of the molecule is COCc1ncc(C(=O)OC(C)(C)C)c(N)n1. The van der Waals surface area contributed by atoms with Crippen molar-refractivity contribution < 1.29 is 14.3 Å². The molecule has 0 radical (unpaired) electrons. The standard InChI is InChI=1S/C11H17N3O3/c1-11(2,3)17-10(15)7-5-13-8(6-16-4)14-9(7)12/h5H,6H2,1-4H3,(H2,12,13,14). The first kappa shape index (κ1) is 13.4. The van der Waals surface area contributed by atoms with Crippen molar-refractivity contribution in [3.63, 3.8) is 0 Å². The second-order valence-corrected chi connectivity index (χ2v) is 4.52. The molecule has 17 heavy (non-hydrogen) atoms. The number of ether oxygens (including phenoxy) is 2. The smallest absolute Gasteiger partial charge is 0.344 e. The first-order valence-corrected chi connectivity index (χ1v) is 5.17. The molecule has 0 amide bonds. The third kappa shape index (κ3) is 3.99. The minimum Gasteiger partial charge on any atom is -0.456 e. The highest BCUT2D eigenvalue weighted by molar-refractivity contribution is 5.93. The predicted octanol–water partition coefficient (Wildman–Crippen LogP) is 1.16. The number of carbonyl (C=O) groups excluding carboxylic acids is 1. The lowest BCUT2D eigenvalue weighted by molar-refractivity contribution is 0.00698. The van der Waals surface area contributed by atoms with Gasteiger partial charge in [-0.3, -0.25) is 0 Å². The molecular formula is C11H17N3O3. The van der Waals surface area contributed by atoms with Crippen LogP contribution < -0.4 is 5.73 Å². The summed E-state index contributed by atoms with van der Waals surface area (Å²) in [4.78, 5) is 19.7. The van der Waals surface area contributed by atoms with Gasteiger partial charge in [-0.15, -0.1) is 0 Å². The van der Waals surface area contributed by atoms with Gasteiger partial charge in [-0.05, 0) is 20.8 Å². The summed E-state index contributed by atoms with van der Waals surface area (Å²) in [6.07, 6.45) is 1.35. The Morgan fingerprint density at radius 2 is 2.12 bits per heavy atom. The molecule has 1 aromatic rings. The van der Waals surface area contributed by atoms with Crippen LogP contribution in [-0.4, -0.2) is 28.6 Å². The average Bonchev–Trinajstić information content (AvgIpc) is 2.15. The van der Waals surface area contributed by atoms with Crippen LogP contribution in [0.15, 0.2) is 6.20 Å². The molecule has 0 atom stereocenters. The molecule has 0 unspecified atom stereocenters. The highest BCUT2D eigenvalue weighted by Gasteiger charge is 2.20. The number of esters is 1. The molecule has 1 rings (SSSR count). The lowest BCUT2D eigenvalue weighted by atomic mass is 10.2. The number of nitrogens with zero attached hydrogens (tertiary/aromatic N) is 2. The zero-order valence-corrected chi connectivity index (χ0v) is 10.5. The summed E-state index contributed by atoms with van der Waals surface area (Å²) >= 11 is 0. The number of aromatic nitrogens is 2. The molecule has 0 aliphatic rings. The van der Waals surface area contributed by atoms with E-state index in [1.807, 2.05) is 0 Å². The van der Waals surface area contributed by atoms with Crippen LogP contribution in [-0.2, 0) is 16.1 Å². The van der Waals surface area contributed by atoms with E-state index in [2.05, 4.69) is 9.97 Å². The van der Waals surface area contributed by atoms with E-state index in [9.17, 15) is 4.79 Å². The van der Waals surface area contributed by atoms with Gasteiger partial charge in [0.15, 0.2) is 5.82 Å². The summed E-state index contributed by atoms with van der Waals surface area (Å²) in [5, 5.41) is 0. The van der Waals surface area contributed by atoms with E-state index in [-0.39, 0.29) is 18.0 Å². The van der Waals surface area contributed by atoms with Crippen molar-refractivity contribution >= 4 is 11.8 Å². The number of hydrogen-bond acceptors (Lipinski definition) is 6. The third-order valence-corrected chi connectivity index (χ3v) is 1.76. The molecule has 0 fully saturated rings. The Hall–Kier alpha value is -1.69. The average molecular weight is 239 g/mol. The third-order valence-electron chi connectivity index (χ3n) is 1.76. The maximum Gasteiger partial charge on any atom is 0.344 e. The number of anilines is 1. The second-order valence-electron chi connectivity index (χ2n) is 4.52. The number of methoxy groups -OCH3 is 1. The molecule has 2 N–H and O–H groups in total. The lowest BCUT2D eigenvalue weighted by Gasteiger charge is -2.19. The van der Waals surface area contributed by atoms with Gasteiger partial charge in [0.1, 0.15) is 23.6 Å². The number of carbonyl (C=O) groups is 1. The number of nitrogens with two attached hydrogens (primary N) is 1. The van der Waals surface area contributed by atoms with Crippen molar-refractivity contribution in [1.82, 2.24) is 9.97 Å². The van der Waals surface area contributed by atoms with Crippen LogP contribution in [0.1, 0.15) is 37.0 Å². The fourth-order valence-electron chi connectivity index (χ4n) is 1.12. The van der Waals surface area contributed by atoms with Gasteiger partial charge < -0.3 is 15.2 Å². The van der Waals surface area contributed by atoms with Gasteiger partial charge in [-0.25, -0.2) is 14.8 Å². The minimum atomic E-state index is -0.575. The highest BCUT2D eigenvalue weighted by Crippen LogP contribution is 2.15. The highest BCUT2D eigenvalue weighted by atomic mass is 16.6. The van der Waals surface area contributed by atoms with Gasteiger partial charge in [0, 0.05) is 13.3 Å². The lowest BCUT2D eigenvalue weighted by Crippen LogP contribution is -2.25.